The van der Waals surface area contributed by atoms with Crippen molar-refractivity contribution in [3.05, 3.63) is 53.9 Å². The number of nitrogens with zero attached hydrogens (tertiary/aromatic N) is 4. The van der Waals surface area contributed by atoms with E-state index in [0.717, 1.165) is 16.7 Å². The Morgan fingerprint density at radius 2 is 1.95 bits per heavy atom. The molecule has 0 atom stereocenters. The van der Waals surface area contributed by atoms with Crippen molar-refractivity contribution < 1.29 is 4.52 Å². The van der Waals surface area contributed by atoms with E-state index in [1.54, 1.807) is 36.7 Å². The molecule has 1 aromatic carbocycles. The van der Waals surface area contributed by atoms with Crippen molar-refractivity contribution in [2.24, 2.45) is 0 Å². The quantitative estimate of drug-likeness (QED) is 0.709. The van der Waals surface area contributed by atoms with Gasteiger partial charge in [0.2, 0.25) is 5.82 Å². The lowest BCUT2D eigenvalue weighted by molar-refractivity contribution is 0.432. The first kappa shape index (κ1) is 12.1. The Kier molecular flexibility index (Phi) is 2.98. The molecular weight excluding hydrogens is 252 g/mol. The number of nitriles is 1. The van der Waals surface area contributed by atoms with E-state index in [1.807, 2.05) is 13.0 Å². The number of hydrogen-bond donors (Lipinski definition) is 0. The van der Waals surface area contributed by atoms with E-state index in [-0.39, 0.29) is 0 Å². The fraction of sp³-hybridized carbons (Fsp3) is 0.0667. The van der Waals surface area contributed by atoms with Gasteiger partial charge in [0.25, 0.3) is 5.89 Å². The van der Waals surface area contributed by atoms with Crippen molar-refractivity contribution in [3.63, 3.8) is 0 Å². The second-order valence-corrected chi connectivity index (χ2v) is 4.30. The SMILES string of the molecule is Cc1cnccc1-c1noc(-c2ccc(C#N)cc2)n1. The van der Waals surface area contributed by atoms with Gasteiger partial charge in [-0.1, -0.05) is 5.16 Å². The Labute approximate surface area is 115 Å². The summed E-state index contributed by atoms with van der Waals surface area (Å²) in [5.41, 5.74) is 3.26. The molecule has 5 nitrogen and oxygen atoms in total. The minimum atomic E-state index is 0.431. The summed E-state index contributed by atoms with van der Waals surface area (Å²) in [5, 5.41) is 12.8. The molecule has 2 aromatic heterocycles. The van der Waals surface area contributed by atoms with Gasteiger partial charge < -0.3 is 4.52 Å². The van der Waals surface area contributed by atoms with Gasteiger partial charge in [-0.2, -0.15) is 10.2 Å². The smallest absolute Gasteiger partial charge is 0.258 e. The highest BCUT2D eigenvalue weighted by molar-refractivity contribution is 5.62. The van der Waals surface area contributed by atoms with Crippen molar-refractivity contribution in [1.29, 1.82) is 5.26 Å². The molecule has 0 amide bonds. The molecule has 0 spiro atoms. The third-order valence-corrected chi connectivity index (χ3v) is 2.95. The summed E-state index contributed by atoms with van der Waals surface area (Å²) in [7, 11) is 0. The summed E-state index contributed by atoms with van der Waals surface area (Å²) in [6, 6.07) is 10.9. The molecule has 0 fully saturated rings. The molecule has 0 radical (unpaired) electrons. The maximum Gasteiger partial charge on any atom is 0.258 e. The average Bonchev–Trinajstić information content (AvgIpc) is 2.97. The van der Waals surface area contributed by atoms with Crippen LogP contribution in [0.2, 0.25) is 0 Å². The zero-order chi connectivity index (χ0) is 13.9. The average molecular weight is 262 g/mol. The third-order valence-electron chi connectivity index (χ3n) is 2.95. The van der Waals surface area contributed by atoms with Gasteiger partial charge in [-0.25, -0.2) is 0 Å². The van der Waals surface area contributed by atoms with E-state index in [4.69, 9.17) is 9.78 Å². The summed E-state index contributed by atoms with van der Waals surface area (Å²) in [4.78, 5) is 8.42. The van der Waals surface area contributed by atoms with Crippen LogP contribution in [0, 0.1) is 18.3 Å². The van der Waals surface area contributed by atoms with Gasteiger partial charge in [0, 0.05) is 23.5 Å². The number of aromatic nitrogens is 3. The van der Waals surface area contributed by atoms with Crippen molar-refractivity contribution in [2.75, 3.05) is 0 Å². The molecule has 0 aliphatic carbocycles. The predicted molar refractivity (Wildman–Crippen MR) is 72.4 cm³/mol. The minimum Gasteiger partial charge on any atom is -0.334 e. The highest BCUT2D eigenvalue weighted by Gasteiger charge is 2.12. The van der Waals surface area contributed by atoms with E-state index in [9.17, 15) is 0 Å². The monoisotopic (exact) mass is 262 g/mol. The van der Waals surface area contributed by atoms with Crippen LogP contribution in [-0.4, -0.2) is 15.1 Å². The Balaban J connectivity index is 1.98. The predicted octanol–water partition coefficient (Wildman–Crippen LogP) is 2.98. The zero-order valence-corrected chi connectivity index (χ0v) is 10.7. The lowest BCUT2D eigenvalue weighted by atomic mass is 10.1. The van der Waals surface area contributed by atoms with Crippen molar-refractivity contribution in [3.8, 4) is 28.9 Å². The van der Waals surface area contributed by atoms with Gasteiger partial charge in [-0.15, -0.1) is 0 Å². The molecule has 0 aliphatic rings. The van der Waals surface area contributed by atoms with Crippen molar-refractivity contribution in [1.82, 2.24) is 15.1 Å². The van der Waals surface area contributed by atoms with Gasteiger partial charge in [0.05, 0.1) is 11.6 Å². The Hall–Kier alpha value is -3.00. The third kappa shape index (κ3) is 2.15. The maximum absolute atomic E-state index is 8.78. The summed E-state index contributed by atoms with van der Waals surface area (Å²) in [6.07, 6.45) is 3.45. The topological polar surface area (TPSA) is 75.6 Å². The van der Waals surface area contributed by atoms with E-state index < -0.39 is 0 Å². The number of aryl methyl sites for hydroxylation is 1. The number of pyridine rings is 1. The summed E-state index contributed by atoms with van der Waals surface area (Å²) in [6.45, 7) is 1.94. The molecule has 3 rings (SSSR count). The Morgan fingerprint density at radius 1 is 1.15 bits per heavy atom. The summed E-state index contributed by atoms with van der Waals surface area (Å²) < 4.78 is 5.27. The first-order valence-electron chi connectivity index (χ1n) is 6.03. The molecule has 5 heteroatoms. The number of rotatable bonds is 2. The van der Waals surface area contributed by atoms with Gasteiger partial charge in [-0.05, 0) is 42.8 Å². The van der Waals surface area contributed by atoms with Gasteiger partial charge in [0.15, 0.2) is 0 Å². The van der Waals surface area contributed by atoms with Crippen LogP contribution in [0.5, 0.6) is 0 Å². The Morgan fingerprint density at radius 3 is 2.65 bits per heavy atom. The molecule has 0 saturated carbocycles. The maximum atomic E-state index is 8.78. The summed E-state index contributed by atoms with van der Waals surface area (Å²) in [5.74, 6) is 0.963. The first-order chi connectivity index (χ1) is 9.78. The lowest BCUT2D eigenvalue weighted by Gasteiger charge is -1.97. The molecule has 0 aliphatic heterocycles. The molecule has 0 saturated heterocycles. The highest BCUT2D eigenvalue weighted by Crippen LogP contribution is 2.23. The van der Waals surface area contributed by atoms with Crippen LogP contribution in [0.25, 0.3) is 22.8 Å². The molecule has 96 valence electrons. The largest absolute Gasteiger partial charge is 0.334 e. The molecule has 0 unspecified atom stereocenters. The lowest BCUT2D eigenvalue weighted by Crippen LogP contribution is -1.86. The molecule has 2 heterocycles. The second-order valence-electron chi connectivity index (χ2n) is 4.30. The van der Waals surface area contributed by atoms with Crippen LogP contribution in [0.15, 0.2) is 47.2 Å². The van der Waals surface area contributed by atoms with Gasteiger partial charge in [0.1, 0.15) is 0 Å². The fourth-order valence-corrected chi connectivity index (χ4v) is 1.86. The molecule has 3 aromatic rings. The van der Waals surface area contributed by atoms with E-state index in [0.29, 0.717) is 17.3 Å². The van der Waals surface area contributed by atoms with E-state index >= 15 is 0 Å². The first-order valence-corrected chi connectivity index (χ1v) is 6.03. The van der Waals surface area contributed by atoms with Crippen LogP contribution < -0.4 is 0 Å². The molecule has 0 N–H and O–H groups in total. The van der Waals surface area contributed by atoms with Crippen LogP contribution in [0.4, 0.5) is 0 Å². The Bertz CT molecular complexity index is 784. The normalized spacial score (nSPS) is 10.2. The van der Waals surface area contributed by atoms with Gasteiger partial charge >= 0.3 is 0 Å². The number of benzene rings is 1. The standard InChI is InChI=1S/C15H10N4O/c1-10-9-17-7-6-13(10)14-18-15(20-19-14)12-4-2-11(8-16)3-5-12/h2-7,9H,1H3. The summed E-state index contributed by atoms with van der Waals surface area (Å²) >= 11 is 0. The van der Waals surface area contributed by atoms with Crippen LogP contribution >= 0.6 is 0 Å². The second kappa shape index (κ2) is 4.94. The molecule has 20 heavy (non-hydrogen) atoms. The number of hydrogen-bond acceptors (Lipinski definition) is 5. The van der Waals surface area contributed by atoms with Gasteiger partial charge in [-0.3, -0.25) is 4.98 Å². The highest BCUT2D eigenvalue weighted by atomic mass is 16.5. The molecular formula is C15H10N4O. The van der Waals surface area contributed by atoms with Crippen LogP contribution in [-0.2, 0) is 0 Å². The minimum absolute atomic E-state index is 0.431. The van der Waals surface area contributed by atoms with Crippen molar-refractivity contribution in [2.45, 2.75) is 6.92 Å². The van der Waals surface area contributed by atoms with Crippen LogP contribution in [0.1, 0.15) is 11.1 Å². The van der Waals surface area contributed by atoms with Crippen LogP contribution in [0.3, 0.4) is 0 Å². The van der Waals surface area contributed by atoms with E-state index in [1.165, 1.54) is 0 Å². The molecule has 0 bridgehead atoms. The van der Waals surface area contributed by atoms with E-state index in [2.05, 4.69) is 21.2 Å². The zero-order valence-electron chi connectivity index (χ0n) is 10.7. The van der Waals surface area contributed by atoms with Crippen molar-refractivity contribution >= 4 is 0 Å². The fourth-order valence-electron chi connectivity index (χ4n) is 1.86.